The SMILES string of the molecule is [O]C(=O)CC(Cl)CCl. The van der Waals surface area contributed by atoms with Gasteiger partial charge in [0.2, 0.25) is 0 Å². The van der Waals surface area contributed by atoms with Gasteiger partial charge in [0, 0.05) is 5.88 Å². The Labute approximate surface area is 57.4 Å². The maximum absolute atomic E-state index is 9.71. The summed E-state index contributed by atoms with van der Waals surface area (Å²) in [6, 6.07) is 0. The molecule has 0 aromatic heterocycles. The highest BCUT2D eigenvalue weighted by molar-refractivity contribution is 6.28. The van der Waals surface area contributed by atoms with E-state index in [0.29, 0.717) is 0 Å². The van der Waals surface area contributed by atoms with E-state index < -0.39 is 11.3 Å². The van der Waals surface area contributed by atoms with Crippen LogP contribution in [-0.2, 0) is 9.90 Å². The largest absolute Gasteiger partial charge is 0.357 e. The predicted octanol–water partition coefficient (Wildman–Crippen LogP) is 1.18. The molecule has 0 bridgehead atoms. The van der Waals surface area contributed by atoms with Crippen LogP contribution in [0.4, 0.5) is 0 Å². The molecule has 0 aromatic rings. The van der Waals surface area contributed by atoms with Crippen molar-refractivity contribution in [3.05, 3.63) is 0 Å². The number of carbonyl (C=O) groups excluding carboxylic acids is 1. The molecule has 1 unspecified atom stereocenters. The maximum atomic E-state index is 9.71. The normalized spacial score (nSPS) is 13.2. The van der Waals surface area contributed by atoms with Gasteiger partial charge >= 0.3 is 5.97 Å². The van der Waals surface area contributed by atoms with Gasteiger partial charge in [-0.15, -0.1) is 23.2 Å². The van der Waals surface area contributed by atoms with E-state index in [-0.39, 0.29) is 12.3 Å². The minimum atomic E-state index is -1.16. The summed E-state index contributed by atoms with van der Waals surface area (Å²) < 4.78 is 0. The number of hydrogen-bond acceptors (Lipinski definition) is 1. The molecule has 0 rings (SSSR count). The molecule has 8 heavy (non-hydrogen) atoms. The van der Waals surface area contributed by atoms with Crippen molar-refractivity contribution in [2.75, 3.05) is 5.88 Å². The fourth-order valence-corrected chi connectivity index (χ4v) is 0.470. The third kappa shape index (κ3) is 4.22. The molecule has 1 atom stereocenters. The van der Waals surface area contributed by atoms with Crippen LogP contribution in [-0.4, -0.2) is 17.2 Å². The minimum absolute atomic E-state index is 0.148. The van der Waals surface area contributed by atoms with Crippen molar-refractivity contribution in [3.63, 3.8) is 0 Å². The lowest BCUT2D eigenvalue weighted by atomic mass is 10.3. The molecule has 0 aliphatic carbocycles. The second-order valence-corrected chi connectivity index (χ2v) is 2.25. The Morgan fingerprint density at radius 1 is 1.62 bits per heavy atom. The Morgan fingerprint density at radius 3 is 2.25 bits per heavy atom. The first-order valence-corrected chi connectivity index (χ1v) is 3.03. The van der Waals surface area contributed by atoms with Crippen LogP contribution in [0.1, 0.15) is 6.42 Å². The molecule has 1 radical (unpaired) electrons. The van der Waals surface area contributed by atoms with Gasteiger partial charge in [-0.3, -0.25) is 0 Å². The van der Waals surface area contributed by atoms with E-state index in [2.05, 4.69) is 0 Å². The van der Waals surface area contributed by atoms with Crippen LogP contribution in [0.5, 0.6) is 0 Å². The van der Waals surface area contributed by atoms with Crippen molar-refractivity contribution in [2.45, 2.75) is 11.8 Å². The van der Waals surface area contributed by atoms with Crippen LogP contribution in [0.2, 0.25) is 0 Å². The maximum Gasteiger partial charge on any atom is 0.357 e. The molecule has 0 heterocycles. The van der Waals surface area contributed by atoms with Crippen LogP contribution in [0.15, 0.2) is 0 Å². The first kappa shape index (κ1) is 8.05. The first-order chi connectivity index (χ1) is 3.66. The minimum Gasteiger partial charge on any atom is -0.247 e. The molecule has 2 nitrogen and oxygen atoms in total. The average Bonchev–Trinajstić information content (AvgIpc) is 1.65. The van der Waals surface area contributed by atoms with Crippen molar-refractivity contribution >= 4 is 29.2 Å². The molecule has 0 amide bonds. The van der Waals surface area contributed by atoms with Crippen LogP contribution < -0.4 is 0 Å². The Balaban J connectivity index is 3.24. The van der Waals surface area contributed by atoms with Crippen molar-refractivity contribution in [2.24, 2.45) is 0 Å². The molecule has 0 spiro atoms. The summed E-state index contributed by atoms with van der Waals surface area (Å²) >= 11 is 10.5. The summed E-state index contributed by atoms with van der Waals surface area (Å²) in [6.45, 7) is 0. The summed E-state index contributed by atoms with van der Waals surface area (Å²) in [6.07, 6.45) is -0.176. The van der Waals surface area contributed by atoms with E-state index in [0.717, 1.165) is 0 Å². The van der Waals surface area contributed by atoms with Gasteiger partial charge in [-0.2, -0.15) is 0 Å². The smallest absolute Gasteiger partial charge is 0.247 e. The number of carbonyl (C=O) groups is 1. The quantitative estimate of drug-likeness (QED) is 0.565. The van der Waals surface area contributed by atoms with Gasteiger partial charge < -0.3 is 0 Å². The lowest BCUT2D eigenvalue weighted by molar-refractivity contribution is -0.142. The Morgan fingerprint density at radius 2 is 2.12 bits per heavy atom. The second kappa shape index (κ2) is 3.98. The molecule has 0 saturated carbocycles. The summed E-state index contributed by atoms with van der Waals surface area (Å²) in [5.74, 6) is -1.01. The van der Waals surface area contributed by atoms with Crippen LogP contribution in [0, 0.1) is 0 Å². The highest BCUT2D eigenvalue weighted by atomic mass is 35.5. The van der Waals surface area contributed by atoms with Crippen LogP contribution >= 0.6 is 23.2 Å². The molecular weight excluding hydrogens is 151 g/mol. The molecule has 0 fully saturated rings. The fourth-order valence-electron chi connectivity index (χ4n) is 0.235. The molecule has 0 aliphatic heterocycles. The van der Waals surface area contributed by atoms with E-state index in [1.807, 2.05) is 0 Å². The zero-order chi connectivity index (χ0) is 6.57. The first-order valence-electron chi connectivity index (χ1n) is 2.06. The third-order valence-electron chi connectivity index (χ3n) is 0.556. The number of hydrogen-bond donors (Lipinski definition) is 0. The average molecular weight is 156 g/mol. The van der Waals surface area contributed by atoms with E-state index in [9.17, 15) is 9.90 Å². The summed E-state index contributed by atoms with van der Waals surface area (Å²) in [5, 5.41) is 9.22. The molecule has 0 N–H and O–H groups in total. The number of halogens is 2. The van der Waals surface area contributed by atoms with Crippen LogP contribution in [0.25, 0.3) is 0 Å². The van der Waals surface area contributed by atoms with Gasteiger partial charge in [-0.1, -0.05) is 0 Å². The molecule has 47 valence electrons. The Kier molecular flexibility index (Phi) is 4.01. The molecular formula is C4H5Cl2O2. The van der Waals surface area contributed by atoms with Gasteiger partial charge in [0.25, 0.3) is 0 Å². The lowest BCUT2D eigenvalue weighted by Crippen LogP contribution is -2.06. The topological polar surface area (TPSA) is 37.0 Å². The van der Waals surface area contributed by atoms with Crippen molar-refractivity contribution in [3.8, 4) is 0 Å². The highest BCUT2D eigenvalue weighted by Gasteiger charge is 2.08. The van der Waals surface area contributed by atoms with Crippen molar-refractivity contribution in [1.29, 1.82) is 0 Å². The van der Waals surface area contributed by atoms with Crippen molar-refractivity contribution < 1.29 is 9.90 Å². The number of rotatable bonds is 3. The third-order valence-corrected chi connectivity index (χ3v) is 1.39. The van der Waals surface area contributed by atoms with Crippen LogP contribution in [0.3, 0.4) is 0 Å². The predicted molar refractivity (Wildman–Crippen MR) is 30.7 cm³/mol. The molecule has 0 aliphatic rings. The van der Waals surface area contributed by atoms with E-state index in [1.54, 1.807) is 0 Å². The lowest BCUT2D eigenvalue weighted by Gasteiger charge is -1.95. The van der Waals surface area contributed by atoms with Gasteiger partial charge in [0.15, 0.2) is 0 Å². The molecule has 0 saturated heterocycles. The van der Waals surface area contributed by atoms with Gasteiger partial charge in [-0.25, -0.2) is 9.90 Å². The zero-order valence-corrected chi connectivity index (χ0v) is 5.58. The van der Waals surface area contributed by atoms with Gasteiger partial charge in [0.1, 0.15) is 0 Å². The highest BCUT2D eigenvalue weighted by Crippen LogP contribution is 2.03. The Hall–Kier alpha value is 0.0500. The molecule has 4 heteroatoms. The number of alkyl halides is 2. The van der Waals surface area contributed by atoms with E-state index >= 15 is 0 Å². The van der Waals surface area contributed by atoms with E-state index in [4.69, 9.17) is 23.2 Å². The fraction of sp³-hybridized carbons (Fsp3) is 0.750. The standard InChI is InChI=1S/C4H5Cl2O2/c5-2-3(6)1-4(7)8/h3H,1-2H2. The summed E-state index contributed by atoms with van der Waals surface area (Å²) in [4.78, 5) is 9.71. The monoisotopic (exact) mass is 155 g/mol. The summed E-state index contributed by atoms with van der Waals surface area (Å²) in [7, 11) is 0. The zero-order valence-electron chi connectivity index (χ0n) is 4.06. The Bertz CT molecular complexity index is 84.1. The second-order valence-electron chi connectivity index (χ2n) is 1.33. The van der Waals surface area contributed by atoms with Gasteiger partial charge in [0.05, 0.1) is 11.8 Å². The molecule has 0 aromatic carbocycles. The van der Waals surface area contributed by atoms with E-state index in [1.165, 1.54) is 0 Å². The summed E-state index contributed by atoms with van der Waals surface area (Å²) in [5.41, 5.74) is 0. The van der Waals surface area contributed by atoms with Gasteiger partial charge in [-0.05, 0) is 0 Å². The van der Waals surface area contributed by atoms with Crippen molar-refractivity contribution in [1.82, 2.24) is 0 Å².